The number of ether oxygens (including phenoxy) is 1. The van der Waals surface area contributed by atoms with Crippen LogP contribution in [0.5, 0.6) is 5.75 Å². The number of hydrogen-bond acceptors (Lipinski definition) is 3. The molecule has 2 aliphatic rings. The Bertz CT molecular complexity index is 733. The number of benzene rings is 2. The van der Waals surface area contributed by atoms with Crippen LogP contribution in [-0.2, 0) is 6.42 Å². The molecule has 2 aromatic carbocycles. The summed E-state index contributed by atoms with van der Waals surface area (Å²) in [5.74, 6) is 1.15. The molecule has 0 radical (unpaired) electrons. The molecule has 1 aliphatic carbocycles. The SMILES string of the molecule is CN1CCN(CC2CCc3ccccc32)CC(Oc2ccc(F)cc2)C1. The lowest BCUT2D eigenvalue weighted by Gasteiger charge is -2.27. The highest BCUT2D eigenvalue weighted by molar-refractivity contribution is 5.35. The maximum atomic E-state index is 13.1. The van der Waals surface area contributed by atoms with Gasteiger partial charge in [0.2, 0.25) is 0 Å². The molecule has 1 heterocycles. The van der Waals surface area contributed by atoms with Gasteiger partial charge in [0.15, 0.2) is 0 Å². The normalized spacial score (nSPS) is 24.2. The van der Waals surface area contributed by atoms with Crippen LogP contribution >= 0.6 is 0 Å². The van der Waals surface area contributed by atoms with Gasteiger partial charge in [0.05, 0.1) is 0 Å². The zero-order valence-electron chi connectivity index (χ0n) is 15.4. The Kier molecular flexibility index (Phi) is 5.23. The van der Waals surface area contributed by atoms with Crippen molar-refractivity contribution in [2.45, 2.75) is 24.9 Å². The Morgan fingerprint density at radius 2 is 1.85 bits per heavy atom. The van der Waals surface area contributed by atoms with Gasteiger partial charge >= 0.3 is 0 Å². The Morgan fingerprint density at radius 3 is 2.69 bits per heavy atom. The summed E-state index contributed by atoms with van der Waals surface area (Å²) in [6.45, 7) is 5.03. The van der Waals surface area contributed by atoms with E-state index in [4.69, 9.17) is 4.74 Å². The first kappa shape index (κ1) is 17.5. The Labute approximate surface area is 155 Å². The number of fused-ring (bicyclic) bond motifs is 1. The van der Waals surface area contributed by atoms with Crippen LogP contribution in [0.15, 0.2) is 48.5 Å². The average molecular weight is 354 g/mol. The van der Waals surface area contributed by atoms with Crippen molar-refractivity contribution in [3.8, 4) is 5.75 Å². The lowest BCUT2D eigenvalue weighted by Crippen LogP contribution is -2.38. The van der Waals surface area contributed by atoms with E-state index in [1.807, 2.05) is 0 Å². The van der Waals surface area contributed by atoms with Crippen molar-refractivity contribution < 1.29 is 9.13 Å². The number of halogens is 1. The summed E-state index contributed by atoms with van der Waals surface area (Å²) in [5.41, 5.74) is 3.05. The second-order valence-electron chi connectivity index (χ2n) is 7.65. The maximum Gasteiger partial charge on any atom is 0.124 e. The molecule has 1 saturated heterocycles. The van der Waals surface area contributed by atoms with Crippen molar-refractivity contribution in [2.75, 3.05) is 39.8 Å². The summed E-state index contributed by atoms with van der Waals surface area (Å²) in [6, 6.07) is 15.2. The average Bonchev–Trinajstić information content (AvgIpc) is 2.95. The molecule has 0 aromatic heterocycles. The van der Waals surface area contributed by atoms with Gasteiger partial charge in [-0.1, -0.05) is 24.3 Å². The number of nitrogens with zero attached hydrogens (tertiary/aromatic N) is 2. The van der Waals surface area contributed by atoms with E-state index in [1.165, 1.54) is 36.1 Å². The molecule has 1 fully saturated rings. The standard InChI is InChI=1S/C22H27FN2O/c1-24-12-13-25(14-18-7-6-17-4-2-3-5-22(17)18)16-21(15-24)26-20-10-8-19(23)9-11-20/h2-5,8-11,18,21H,6-7,12-16H2,1H3. The van der Waals surface area contributed by atoms with Crippen LogP contribution in [0.4, 0.5) is 4.39 Å². The van der Waals surface area contributed by atoms with Gasteiger partial charge in [-0.25, -0.2) is 4.39 Å². The van der Waals surface area contributed by atoms with Crippen molar-refractivity contribution in [3.63, 3.8) is 0 Å². The fourth-order valence-corrected chi connectivity index (χ4v) is 4.28. The van der Waals surface area contributed by atoms with E-state index < -0.39 is 0 Å². The van der Waals surface area contributed by atoms with E-state index in [0.717, 1.165) is 38.5 Å². The van der Waals surface area contributed by atoms with E-state index in [0.29, 0.717) is 5.92 Å². The minimum Gasteiger partial charge on any atom is -0.488 e. The highest BCUT2D eigenvalue weighted by Gasteiger charge is 2.28. The van der Waals surface area contributed by atoms with Crippen LogP contribution < -0.4 is 4.74 Å². The minimum absolute atomic E-state index is 0.101. The van der Waals surface area contributed by atoms with Gasteiger partial charge in [-0.3, -0.25) is 4.90 Å². The number of rotatable bonds is 4. The fourth-order valence-electron chi connectivity index (χ4n) is 4.28. The third-order valence-electron chi connectivity index (χ3n) is 5.63. The summed E-state index contributed by atoms with van der Waals surface area (Å²) in [6.07, 6.45) is 2.55. The minimum atomic E-state index is -0.225. The molecular weight excluding hydrogens is 327 g/mol. The first-order valence-corrected chi connectivity index (χ1v) is 9.58. The van der Waals surface area contributed by atoms with Gasteiger partial charge in [0, 0.05) is 32.7 Å². The summed E-state index contributed by atoms with van der Waals surface area (Å²) >= 11 is 0. The second kappa shape index (κ2) is 7.77. The molecule has 2 aromatic rings. The van der Waals surface area contributed by atoms with Gasteiger partial charge in [-0.2, -0.15) is 0 Å². The van der Waals surface area contributed by atoms with Crippen molar-refractivity contribution in [1.82, 2.24) is 9.80 Å². The summed E-state index contributed by atoms with van der Waals surface area (Å²) < 4.78 is 19.3. The predicted octanol–water partition coefficient (Wildman–Crippen LogP) is 3.55. The molecule has 0 saturated carbocycles. The van der Waals surface area contributed by atoms with Crippen LogP contribution in [0, 0.1) is 5.82 Å². The molecule has 0 amide bonds. The predicted molar refractivity (Wildman–Crippen MR) is 102 cm³/mol. The molecular formula is C22H27FN2O. The molecule has 26 heavy (non-hydrogen) atoms. The monoisotopic (exact) mass is 354 g/mol. The molecule has 0 N–H and O–H groups in total. The summed E-state index contributed by atoms with van der Waals surface area (Å²) in [5, 5.41) is 0. The number of likely N-dealkylation sites (N-methyl/N-ethyl adjacent to an activating group) is 1. The van der Waals surface area contributed by atoms with Crippen molar-refractivity contribution in [1.29, 1.82) is 0 Å². The Balaban J connectivity index is 1.42. The van der Waals surface area contributed by atoms with Crippen molar-refractivity contribution in [3.05, 3.63) is 65.5 Å². The van der Waals surface area contributed by atoms with E-state index >= 15 is 0 Å². The maximum absolute atomic E-state index is 13.1. The third-order valence-corrected chi connectivity index (χ3v) is 5.63. The highest BCUT2D eigenvalue weighted by Crippen LogP contribution is 2.33. The lowest BCUT2D eigenvalue weighted by molar-refractivity contribution is 0.134. The number of hydrogen-bond donors (Lipinski definition) is 0. The second-order valence-corrected chi connectivity index (χ2v) is 7.65. The summed E-state index contributed by atoms with van der Waals surface area (Å²) in [4.78, 5) is 4.88. The van der Waals surface area contributed by atoms with E-state index in [2.05, 4.69) is 41.1 Å². The van der Waals surface area contributed by atoms with E-state index in [9.17, 15) is 4.39 Å². The van der Waals surface area contributed by atoms with Crippen LogP contribution in [-0.4, -0.2) is 55.7 Å². The first-order chi connectivity index (χ1) is 12.7. The lowest BCUT2D eigenvalue weighted by atomic mass is 10.0. The van der Waals surface area contributed by atoms with Gasteiger partial charge in [-0.15, -0.1) is 0 Å². The molecule has 4 rings (SSSR count). The fraction of sp³-hybridized carbons (Fsp3) is 0.455. The largest absolute Gasteiger partial charge is 0.488 e. The molecule has 2 unspecified atom stereocenters. The van der Waals surface area contributed by atoms with Crippen LogP contribution in [0.1, 0.15) is 23.5 Å². The van der Waals surface area contributed by atoms with E-state index in [-0.39, 0.29) is 11.9 Å². The van der Waals surface area contributed by atoms with Crippen LogP contribution in [0.2, 0.25) is 0 Å². The molecule has 138 valence electrons. The molecule has 2 atom stereocenters. The molecule has 1 aliphatic heterocycles. The smallest absolute Gasteiger partial charge is 0.124 e. The van der Waals surface area contributed by atoms with Crippen LogP contribution in [0.25, 0.3) is 0 Å². The highest BCUT2D eigenvalue weighted by atomic mass is 19.1. The third kappa shape index (κ3) is 4.08. The van der Waals surface area contributed by atoms with Gasteiger partial charge in [-0.05, 0) is 61.2 Å². The molecule has 4 heteroatoms. The first-order valence-electron chi connectivity index (χ1n) is 9.58. The Morgan fingerprint density at radius 1 is 1.04 bits per heavy atom. The molecule has 3 nitrogen and oxygen atoms in total. The van der Waals surface area contributed by atoms with Gasteiger partial charge in [0.25, 0.3) is 0 Å². The van der Waals surface area contributed by atoms with Crippen molar-refractivity contribution in [2.24, 2.45) is 0 Å². The topological polar surface area (TPSA) is 15.7 Å². The summed E-state index contributed by atoms with van der Waals surface area (Å²) in [7, 11) is 2.15. The molecule has 0 bridgehead atoms. The van der Waals surface area contributed by atoms with Gasteiger partial charge in [0.1, 0.15) is 17.7 Å². The van der Waals surface area contributed by atoms with Crippen molar-refractivity contribution >= 4 is 0 Å². The quantitative estimate of drug-likeness (QED) is 0.835. The van der Waals surface area contributed by atoms with E-state index in [1.54, 1.807) is 12.1 Å². The zero-order valence-corrected chi connectivity index (χ0v) is 15.4. The molecule has 0 spiro atoms. The zero-order chi connectivity index (χ0) is 17.9. The van der Waals surface area contributed by atoms with Gasteiger partial charge < -0.3 is 9.64 Å². The van der Waals surface area contributed by atoms with Crippen LogP contribution in [0.3, 0.4) is 0 Å². The Hall–Kier alpha value is -1.91. The number of aryl methyl sites for hydroxylation is 1.